The first-order valence-corrected chi connectivity index (χ1v) is 8.27. The normalized spacial score (nSPS) is 46.7. The number of rotatable bonds is 3. The molecule has 2 bridgehead atoms. The van der Waals surface area contributed by atoms with E-state index in [-0.39, 0.29) is 0 Å². The lowest BCUT2D eigenvalue weighted by Crippen LogP contribution is -2.42. The summed E-state index contributed by atoms with van der Waals surface area (Å²) in [6.45, 7) is 0. The predicted octanol–water partition coefficient (Wildman–Crippen LogP) is 3.28. The smallest absolute Gasteiger partial charge is 0.220 e. The highest BCUT2D eigenvalue weighted by atomic mass is 16.1. The second kappa shape index (κ2) is 4.64. The van der Waals surface area contributed by atoms with Crippen LogP contribution in [0, 0.1) is 29.6 Å². The zero-order valence-corrected chi connectivity index (χ0v) is 11.7. The van der Waals surface area contributed by atoms with Crippen molar-refractivity contribution in [3.63, 3.8) is 0 Å². The van der Waals surface area contributed by atoms with Crippen molar-refractivity contribution in [2.75, 3.05) is 0 Å². The van der Waals surface area contributed by atoms with E-state index in [9.17, 15) is 4.79 Å². The van der Waals surface area contributed by atoms with Gasteiger partial charge in [-0.25, -0.2) is 0 Å². The van der Waals surface area contributed by atoms with E-state index in [1.807, 2.05) is 0 Å². The van der Waals surface area contributed by atoms with Crippen molar-refractivity contribution >= 4 is 5.91 Å². The Labute approximate surface area is 116 Å². The fraction of sp³-hybridized carbons (Fsp3) is 0.824. The molecule has 6 atom stereocenters. The third kappa shape index (κ3) is 2.04. The Morgan fingerprint density at radius 2 is 2.00 bits per heavy atom. The highest BCUT2D eigenvalue weighted by Gasteiger charge is 2.53. The molecule has 19 heavy (non-hydrogen) atoms. The summed E-state index contributed by atoms with van der Waals surface area (Å²) in [5, 5.41) is 3.38. The highest BCUT2D eigenvalue weighted by Crippen LogP contribution is 2.58. The van der Waals surface area contributed by atoms with Gasteiger partial charge in [-0.1, -0.05) is 18.6 Å². The first-order chi connectivity index (χ1) is 9.31. The lowest BCUT2D eigenvalue weighted by Gasteiger charge is -2.32. The molecule has 0 saturated heterocycles. The number of nitrogens with one attached hydrogen (secondary N) is 1. The van der Waals surface area contributed by atoms with Crippen LogP contribution in [0.1, 0.15) is 51.4 Å². The fourth-order valence-corrected chi connectivity index (χ4v) is 5.60. The molecule has 6 unspecified atom stereocenters. The van der Waals surface area contributed by atoms with Gasteiger partial charge in [-0.05, 0) is 68.1 Å². The number of amides is 1. The summed E-state index contributed by atoms with van der Waals surface area (Å²) < 4.78 is 0. The quantitative estimate of drug-likeness (QED) is 0.774. The maximum absolute atomic E-state index is 12.2. The molecule has 0 aromatic rings. The van der Waals surface area contributed by atoms with Crippen LogP contribution >= 0.6 is 0 Å². The third-order valence-electron chi connectivity index (χ3n) is 6.34. The largest absolute Gasteiger partial charge is 0.353 e. The molecule has 4 aliphatic carbocycles. The minimum absolute atomic E-state index is 0.309. The van der Waals surface area contributed by atoms with Gasteiger partial charge in [0.15, 0.2) is 0 Å². The van der Waals surface area contributed by atoms with Crippen LogP contribution in [-0.4, -0.2) is 11.9 Å². The van der Waals surface area contributed by atoms with E-state index in [4.69, 9.17) is 0 Å². The number of hydrogen-bond acceptors (Lipinski definition) is 1. The van der Waals surface area contributed by atoms with E-state index >= 15 is 0 Å². The standard InChI is InChI=1S/C17H25NO/c19-17(8-11-4-1-2-5-11)18-16-10-12-9-15(16)14-7-3-6-13(12)14/h1,4,11-16H,2-3,5-10H2,(H,18,19). The van der Waals surface area contributed by atoms with Crippen LogP contribution in [-0.2, 0) is 4.79 Å². The fourth-order valence-electron chi connectivity index (χ4n) is 5.60. The van der Waals surface area contributed by atoms with Gasteiger partial charge in [0, 0.05) is 12.5 Å². The average Bonchev–Trinajstić information content (AvgIpc) is 3.10. The Balaban J connectivity index is 1.34. The van der Waals surface area contributed by atoms with Crippen molar-refractivity contribution < 1.29 is 4.79 Å². The van der Waals surface area contributed by atoms with Crippen molar-refractivity contribution in [3.05, 3.63) is 12.2 Å². The number of carbonyl (C=O) groups is 1. The van der Waals surface area contributed by atoms with Crippen LogP contribution < -0.4 is 5.32 Å². The molecular formula is C17H25NO. The number of allylic oxidation sites excluding steroid dienone is 2. The van der Waals surface area contributed by atoms with Crippen LogP contribution in [0.5, 0.6) is 0 Å². The van der Waals surface area contributed by atoms with Gasteiger partial charge in [0.25, 0.3) is 0 Å². The Kier molecular flexibility index (Phi) is 2.93. The second-order valence-corrected chi connectivity index (χ2v) is 7.30. The van der Waals surface area contributed by atoms with Crippen molar-refractivity contribution in [2.24, 2.45) is 29.6 Å². The SMILES string of the molecule is O=C(CC1C=CCC1)NC1CC2CC1C1CCCC21. The molecule has 3 fully saturated rings. The minimum Gasteiger partial charge on any atom is -0.353 e. The Morgan fingerprint density at radius 3 is 2.84 bits per heavy atom. The summed E-state index contributed by atoms with van der Waals surface area (Å²) in [5.74, 6) is 4.56. The van der Waals surface area contributed by atoms with Crippen LogP contribution in [0.3, 0.4) is 0 Å². The van der Waals surface area contributed by atoms with Crippen LogP contribution in [0.15, 0.2) is 12.2 Å². The van der Waals surface area contributed by atoms with Gasteiger partial charge in [-0.2, -0.15) is 0 Å². The van der Waals surface area contributed by atoms with Gasteiger partial charge in [-0.3, -0.25) is 4.79 Å². The van der Waals surface area contributed by atoms with Gasteiger partial charge in [-0.15, -0.1) is 0 Å². The molecule has 2 heteroatoms. The Bertz CT molecular complexity index is 402. The van der Waals surface area contributed by atoms with Gasteiger partial charge in [0.1, 0.15) is 0 Å². The Morgan fingerprint density at radius 1 is 1.11 bits per heavy atom. The van der Waals surface area contributed by atoms with Crippen molar-refractivity contribution in [3.8, 4) is 0 Å². The summed E-state index contributed by atoms with van der Waals surface area (Å²) in [6.07, 6.45) is 14.5. The molecule has 0 spiro atoms. The van der Waals surface area contributed by atoms with Crippen LogP contribution in [0.2, 0.25) is 0 Å². The number of carbonyl (C=O) groups excluding carboxylic acids is 1. The summed E-state index contributed by atoms with van der Waals surface area (Å²) >= 11 is 0. The molecule has 4 rings (SSSR count). The monoisotopic (exact) mass is 259 g/mol. The Hall–Kier alpha value is -0.790. The lowest BCUT2D eigenvalue weighted by atomic mass is 9.79. The molecule has 104 valence electrons. The maximum Gasteiger partial charge on any atom is 0.220 e. The van der Waals surface area contributed by atoms with E-state index < -0.39 is 0 Å². The predicted molar refractivity (Wildman–Crippen MR) is 75.5 cm³/mol. The van der Waals surface area contributed by atoms with Gasteiger partial charge in [0.2, 0.25) is 5.91 Å². The van der Waals surface area contributed by atoms with Crippen molar-refractivity contribution in [1.29, 1.82) is 0 Å². The molecule has 3 saturated carbocycles. The molecule has 0 radical (unpaired) electrons. The molecule has 1 N–H and O–H groups in total. The van der Waals surface area contributed by atoms with Crippen LogP contribution in [0.25, 0.3) is 0 Å². The van der Waals surface area contributed by atoms with Crippen molar-refractivity contribution in [2.45, 2.75) is 57.4 Å². The van der Waals surface area contributed by atoms with E-state index in [1.54, 1.807) is 0 Å². The molecule has 2 nitrogen and oxygen atoms in total. The summed E-state index contributed by atoms with van der Waals surface area (Å²) in [6, 6.07) is 0.516. The molecule has 4 aliphatic rings. The molecule has 0 aliphatic heterocycles. The lowest BCUT2D eigenvalue weighted by molar-refractivity contribution is -0.123. The summed E-state index contributed by atoms with van der Waals surface area (Å²) in [5.41, 5.74) is 0. The molecule has 1 amide bonds. The molecule has 0 heterocycles. The zero-order valence-electron chi connectivity index (χ0n) is 11.7. The van der Waals surface area contributed by atoms with E-state index in [0.29, 0.717) is 17.9 Å². The molecule has 0 aromatic carbocycles. The van der Waals surface area contributed by atoms with E-state index in [0.717, 1.165) is 36.5 Å². The minimum atomic E-state index is 0.309. The van der Waals surface area contributed by atoms with Crippen molar-refractivity contribution in [1.82, 2.24) is 5.32 Å². The zero-order chi connectivity index (χ0) is 12.8. The highest BCUT2D eigenvalue weighted by molar-refractivity contribution is 5.77. The first-order valence-electron chi connectivity index (χ1n) is 8.27. The topological polar surface area (TPSA) is 29.1 Å². The second-order valence-electron chi connectivity index (χ2n) is 7.30. The number of fused-ring (bicyclic) bond motifs is 5. The van der Waals surface area contributed by atoms with Crippen LogP contribution in [0.4, 0.5) is 0 Å². The van der Waals surface area contributed by atoms with E-state index in [1.165, 1.54) is 38.5 Å². The summed E-state index contributed by atoms with van der Waals surface area (Å²) in [4.78, 5) is 12.2. The number of hydrogen-bond donors (Lipinski definition) is 1. The first kappa shape index (κ1) is 12.0. The maximum atomic E-state index is 12.2. The average molecular weight is 259 g/mol. The summed E-state index contributed by atoms with van der Waals surface area (Å²) in [7, 11) is 0. The molecule has 0 aromatic heterocycles. The van der Waals surface area contributed by atoms with Gasteiger partial charge >= 0.3 is 0 Å². The van der Waals surface area contributed by atoms with E-state index in [2.05, 4.69) is 17.5 Å². The van der Waals surface area contributed by atoms with Gasteiger partial charge < -0.3 is 5.32 Å². The van der Waals surface area contributed by atoms with Gasteiger partial charge in [0.05, 0.1) is 0 Å². The third-order valence-corrected chi connectivity index (χ3v) is 6.34. The molecular weight excluding hydrogens is 234 g/mol.